The predicted octanol–water partition coefficient (Wildman–Crippen LogP) is 3.88. The summed E-state index contributed by atoms with van der Waals surface area (Å²) in [6.45, 7) is 0.906. The lowest BCUT2D eigenvalue weighted by Crippen LogP contribution is -2.37. The zero-order valence-electron chi connectivity index (χ0n) is 10.1. The maximum Gasteiger partial charge on any atom is 0.418 e. The van der Waals surface area contributed by atoms with E-state index in [0.29, 0.717) is 17.6 Å². The minimum atomic E-state index is -4.40. The van der Waals surface area contributed by atoms with E-state index < -0.39 is 11.7 Å². The Morgan fingerprint density at radius 1 is 1.37 bits per heavy atom. The molecule has 19 heavy (non-hydrogen) atoms. The lowest BCUT2D eigenvalue weighted by molar-refractivity contribution is -0.137. The molecule has 2 nitrogen and oxygen atoms in total. The van der Waals surface area contributed by atoms with Gasteiger partial charge in [0.15, 0.2) is 0 Å². The first-order chi connectivity index (χ1) is 8.91. The van der Waals surface area contributed by atoms with Crippen molar-refractivity contribution < 1.29 is 18.0 Å². The predicted molar refractivity (Wildman–Crippen MR) is 70.1 cm³/mol. The van der Waals surface area contributed by atoms with Crippen molar-refractivity contribution in [1.29, 1.82) is 0 Å². The first-order valence-corrected chi connectivity index (χ1v) is 6.78. The van der Waals surface area contributed by atoms with Gasteiger partial charge in [0.2, 0.25) is 0 Å². The maximum atomic E-state index is 13.0. The molecule has 0 radical (unpaired) electrons. The second-order valence-corrected chi connectivity index (χ2v) is 5.56. The normalized spacial score (nSPS) is 20.4. The van der Waals surface area contributed by atoms with Gasteiger partial charge in [-0.05, 0) is 31.0 Å². The molecule has 1 aliphatic heterocycles. The van der Waals surface area contributed by atoms with Gasteiger partial charge in [-0.15, -0.1) is 0 Å². The average Bonchev–Trinajstić information content (AvgIpc) is 2.37. The highest BCUT2D eigenvalue weighted by molar-refractivity contribution is 9.10. The summed E-state index contributed by atoms with van der Waals surface area (Å²) in [4.78, 5) is 12.5. The number of benzene rings is 1. The fourth-order valence-electron chi connectivity index (χ4n) is 2.35. The Morgan fingerprint density at radius 2 is 2.11 bits per heavy atom. The molecule has 1 atom stereocenters. The Labute approximate surface area is 117 Å². The zero-order valence-corrected chi connectivity index (χ0v) is 11.7. The van der Waals surface area contributed by atoms with Crippen LogP contribution in [0.25, 0.3) is 0 Å². The molecule has 104 valence electrons. The van der Waals surface area contributed by atoms with Crippen molar-refractivity contribution in [1.82, 2.24) is 0 Å². The number of halogens is 4. The Kier molecular flexibility index (Phi) is 4.18. The van der Waals surface area contributed by atoms with Crippen LogP contribution in [0.1, 0.15) is 18.4 Å². The van der Waals surface area contributed by atoms with Gasteiger partial charge in [0.1, 0.15) is 6.29 Å². The van der Waals surface area contributed by atoms with Gasteiger partial charge in [0, 0.05) is 29.2 Å². The van der Waals surface area contributed by atoms with Crippen LogP contribution in [-0.2, 0) is 11.0 Å². The number of piperidine rings is 1. The monoisotopic (exact) mass is 335 g/mol. The molecule has 0 aliphatic carbocycles. The molecule has 0 saturated carbocycles. The molecule has 0 aromatic heterocycles. The molecule has 1 aromatic carbocycles. The first kappa shape index (κ1) is 14.4. The molecule has 1 heterocycles. The van der Waals surface area contributed by atoms with E-state index in [0.717, 1.165) is 25.2 Å². The number of hydrogen-bond donors (Lipinski definition) is 0. The van der Waals surface area contributed by atoms with Gasteiger partial charge < -0.3 is 9.69 Å². The molecule has 0 N–H and O–H groups in total. The van der Waals surface area contributed by atoms with E-state index in [2.05, 4.69) is 15.9 Å². The molecular weight excluding hydrogens is 323 g/mol. The van der Waals surface area contributed by atoms with Crippen LogP contribution >= 0.6 is 15.9 Å². The maximum absolute atomic E-state index is 13.0. The van der Waals surface area contributed by atoms with Gasteiger partial charge >= 0.3 is 6.18 Å². The van der Waals surface area contributed by atoms with Crippen LogP contribution in [0.5, 0.6) is 0 Å². The fourth-order valence-corrected chi connectivity index (χ4v) is 2.71. The van der Waals surface area contributed by atoms with Crippen LogP contribution in [0.2, 0.25) is 0 Å². The number of nitrogens with zero attached hydrogens (tertiary/aromatic N) is 1. The minimum Gasteiger partial charge on any atom is -0.370 e. The van der Waals surface area contributed by atoms with Crippen molar-refractivity contribution in [3.63, 3.8) is 0 Å². The molecule has 0 spiro atoms. The highest BCUT2D eigenvalue weighted by Gasteiger charge is 2.36. The quantitative estimate of drug-likeness (QED) is 0.764. The van der Waals surface area contributed by atoms with Crippen molar-refractivity contribution in [2.24, 2.45) is 5.92 Å². The third-order valence-electron chi connectivity index (χ3n) is 3.25. The molecule has 1 unspecified atom stereocenters. The van der Waals surface area contributed by atoms with Crippen molar-refractivity contribution in [2.45, 2.75) is 19.0 Å². The Hall–Kier alpha value is -1.04. The van der Waals surface area contributed by atoms with E-state index in [1.807, 2.05) is 0 Å². The smallest absolute Gasteiger partial charge is 0.370 e. The van der Waals surface area contributed by atoms with Crippen LogP contribution in [0.4, 0.5) is 18.9 Å². The number of hydrogen-bond acceptors (Lipinski definition) is 2. The SMILES string of the molecule is O=CC1CCCN(c2ccc(Br)cc2C(F)(F)F)C1. The van der Waals surface area contributed by atoms with Crippen molar-refractivity contribution in [3.05, 3.63) is 28.2 Å². The van der Waals surface area contributed by atoms with Crippen molar-refractivity contribution in [3.8, 4) is 0 Å². The van der Waals surface area contributed by atoms with Crippen LogP contribution in [0.3, 0.4) is 0 Å². The van der Waals surface area contributed by atoms with Crippen LogP contribution in [0, 0.1) is 5.92 Å². The third kappa shape index (κ3) is 3.29. The highest BCUT2D eigenvalue weighted by Crippen LogP contribution is 2.39. The van der Waals surface area contributed by atoms with Gasteiger partial charge in [-0.2, -0.15) is 13.2 Å². The van der Waals surface area contributed by atoms with E-state index in [1.165, 1.54) is 6.07 Å². The Morgan fingerprint density at radius 3 is 2.74 bits per heavy atom. The third-order valence-corrected chi connectivity index (χ3v) is 3.75. The van der Waals surface area contributed by atoms with E-state index in [4.69, 9.17) is 0 Å². The molecular formula is C13H13BrF3NO. The summed E-state index contributed by atoms with van der Waals surface area (Å²) in [5.74, 6) is -0.182. The topological polar surface area (TPSA) is 20.3 Å². The van der Waals surface area contributed by atoms with Gasteiger partial charge in [-0.3, -0.25) is 0 Å². The van der Waals surface area contributed by atoms with E-state index in [9.17, 15) is 18.0 Å². The van der Waals surface area contributed by atoms with Crippen LogP contribution in [-0.4, -0.2) is 19.4 Å². The summed E-state index contributed by atoms with van der Waals surface area (Å²) >= 11 is 3.06. The van der Waals surface area contributed by atoms with Gasteiger partial charge in [0.05, 0.1) is 5.56 Å². The Bertz CT molecular complexity index is 475. The van der Waals surface area contributed by atoms with E-state index >= 15 is 0 Å². The Balaban J connectivity index is 2.36. The van der Waals surface area contributed by atoms with Crippen molar-refractivity contribution in [2.75, 3.05) is 18.0 Å². The summed E-state index contributed by atoms with van der Waals surface area (Å²) < 4.78 is 39.5. The first-order valence-electron chi connectivity index (χ1n) is 5.99. The standard InChI is InChI=1S/C13H13BrF3NO/c14-10-3-4-12(11(6-10)13(15,16)17)18-5-1-2-9(7-18)8-19/h3-4,6,8-9H,1-2,5,7H2. The summed E-state index contributed by atoms with van der Waals surface area (Å²) in [7, 11) is 0. The number of alkyl halides is 3. The molecule has 1 fully saturated rings. The molecule has 6 heteroatoms. The number of carbonyl (C=O) groups is 1. The van der Waals surface area contributed by atoms with Crippen molar-refractivity contribution >= 4 is 27.9 Å². The molecule has 1 aromatic rings. The fraction of sp³-hybridized carbons (Fsp3) is 0.462. The van der Waals surface area contributed by atoms with Gasteiger partial charge in [-0.1, -0.05) is 15.9 Å². The zero-order chi connectivity index (χ0) is 14.0. The summed E-state index contributed by atoms with van der Waals surface area (Å²) in [6.07, 6.45) is -2.08. The second kappa shape index (κ2) is 5.53. The highest BCUT2D eigenvalue weighted by atomic mass is 79.9. The summed E-state index contributed by atoms with van der Waals surface area (Å²) in [5, 5.41) is 0. The second-order valence-electron chi connectivity index (χ2n) is 4.64. The van der Waals surface area contributed by atoms with E-state index in [-0.39, 0.29) is 11.6 Å². The van der Waals surface area contributed by atoms with Crippen LogP contribution < -0.4 is 4.90 Å². The molecule has 0 bridgehead atoms. The number of anilines is 1. The number of carbonyl (C=O) groups excluding carboxylic acids is 1. The number of aldehydes is 1. The lowest BCUT2D eigenvalue weighted by atomic mass is 9.98. The average molecular weight is 336 g/mol. The summed E-state index contributed by atoms with van der Waals surface area (Å²) in [5.41, 5.74) is -0.504. The molecule has 2 rings (SSSR count). The summed E-state index contributed by atoms with van der Waals surface area (Å²) in [6, 6.07) is 4.13. The lowest BCUT2D eigenvalue weighted by Gasteiger charge is -2.33. The molecule has 1 saturated heterocycles. The van der Waals surface area contributed by atoms with Gasteiger partial charge in [-0.25, -0.2) is 0 Å². The van der Waals surface area contributed by atoms with Crippen LogP contribution in [0.15, 0.2) is 22.7 Å². The van der Waals surface area contributed by atoms with E-state index in [1.54, 1.807) is 11.0 Å². The largest absolute Gasteiger partial charge is 0.418 e. The molecule has 0 amide bonds. The van der Waals surface area contributed by atoms with Gasteiger partial charge in [0.25, 0.3) is 0 Å². The minimum absolute atomic E-state index is 0.155. The number of rotatable bonds is 2. The molecule has 1 aliphatic rings.